The number of benzene rings is 1. The summed E-state index contributed by atoms with van der Waals surface area (Å²) in [4.78, 5) is 0. The van der Waals surface area contributed by atoms with Gasteiger partial charge in [0.25, 0.3) is 0 Å². The molecule has 0 bridgehead atoms. The number of hydrogen-bond acceptors (Lipinski definition) is 1. The van der Waals surface area contributed by atoms with Gasteiger partial charge in [-0.1, -0.05) is 73.9 Å². The summed E-state index contributed by atoms with van der Waals surface area (Å²) in [5.41, 5.74) is 3.40. The molecule has 2 heteroatoms. The molecule has 1 rings (SSSR count). The van der Waals surface area contributed by atoms with Crippen LogP contribution in [0.15, 0.2) is 48.2 Å². The maximum atomic E-state index is 9.78. The van der Waals surface area contributed by atoms with E-state index in [4.69, 9.17) is 0 Å². The Morgan fingerprint density at radius 2 is 1.82 bits per heavy atom. The zero-order valence-corrected chi connectivity index (χ0v) is 11.9. The minimum Gasteiger partial charge on any atom is -0.389 e. The van der Waals surface area contributed by atoms with Crippen molar-refractivity contribution in [2.24, 2.45) is 0 Å². The molecule has 0 saturated heterocycles. The van der Waals surface area contributed by atoms with Crippen LogP contribution in [0.2, 0.25) is 19.6 Å². The van der Waals surface area contributed by atoms with E-state index in [1.807, 2.05) is 42.5 Å². The second kappa shape index (κ2) is 6.57. The van der Waals surface area contributed by atoms with Crippen LogP contribution in [0.25, 0.3) is 6.08 Å². The summed E-state index contributed by atoms with van der Waals surface area (Å²) in [6, 6.07) is 10.0. The molecule has 0 aliphatic carbocycles. The van der Waals surface area contributed by atoms with Gasteiger partial charge in [-0.3, -0.25) is 0 Å². The van der Waals surface area contributed by atoms with Gasteiger partial charge in [0, 0.05) is 0 Å². The zero-order chi connectivity index (χ0) is 12.7. The summed E-state index contributed by atoms with van der Waals surface area (Å²) in [7, 11) is -1.13. The van der Waals surface area contributed by atoms with Gasteiger partial charge < -0.3 is 5.11 Å². The first-order valence-corrected chi connectivity index (χ1v) is 9.64. The number of rotatable bonds is 5. The first-order chi connectivity index (χ1) is 7.97. The molecule has 17 heavy (non-hydrogen) atoms. The molecule has 1 aromatic carbocycles. The first-order valence-electron chi connectivity index (χ1n) is 6.06. The van der Waals surface area contributed by atoms with Gasteiger partial charge in [-0.05, 0) is 12.0 Å². The van der Waals surface area contributed by atoms with E-state index < -0.39 is 8.07 Å². The molecule has 0 aromatic heterocycles. The Morgan fingerprint density at radius 1 is 1.18 bits per heavy atom. The topological polar surface area (TPSA) is 20.2 Å². The van der Waals surface area contributed by atoms with E-state index in [1.54, 1.807) is 0 Å². The fourth-order valence-electron chi connectivity index (χ4n) is 1.43. The minimum atomic E-state index is -1.13. The van der Waals surface area contributed by atoms with Crippen LogP contribution >= 0.6 is 0 Å². The van der Waals surface area contributed by atoms with Crippen molar-refractivity contribution in [1.82, 2.24) is 0 Å². The van der Waals surface area contributed by atoms with Crippen molar-refractivity contribution in [3.05, 3.63) is 53.7 Å². The van der Waals surface area contributed by atoms with Gasteiger partial charge in [-0.15, -0.1) is 0 Å². The van der Waals surface area contributed by atoms with Crippen LogP contribution < -0.4 is 0 Å². The average Bonchev–Trinajstić information content (AvgIpc) is 2.26. The smallest absolute Gasteiger partial charge is 0.0758 e. The molecule has 0 saturated carbocycles. The molecular formula is C15H22OSi. The highest BCUT2D eigenvalue weighted by Gasteiger charge is 2.06. The standard InChI is InChI=1S/C15H22OSi/c1-17(2,3)13-7-10-15(16)12-11-14-8-5-4-6-9-14/h4-9,11-13,15-16H,10H2,1-3H3/t15-/m1/s1. The quantitative estimate of drug-likeness (QED) is 0.782. The maximum absolute atomic E-state index is 9.78. The van der Waals surface area contributed by atoms with Gasteiger partial charge >= 0.3 is 0 Å². The van der Waals surface area contributed by atoms with Crippen molar-refractivity contribution < 1.29 is 5.11 Å². The van der Waals surface area contributed by atoms with E-state index >= 15 is 0 Å². The van der Waals surface area contributed by atoms with Crippen LogP contribution in [-0.4, -0.2) is 19.3 Å². The summed E-state index contributed by atoms with van der Waals surface area (Å²) < 4.78 is 0. The third-order valence-electron chi connectivity index (χ3n) is 2.31. The van der Waals surface area contributed by atoms with E-state index in [0.717, 1.165) is 5.56 Å². The van der Waals surface area contributed by atoms with Crippen LogP contribution in [0.5, 0.6) is 0 Å². The molecule has 1 nitrogen and oxygen atoms in total. The molecule has 0 spiro atoms. The average molecular weight is 246 g/mol. The normalized spacial score (nSPS) is 14.6. The number of hydrogen-bond donors (Lipinski definition) is 1. The van der Waals surface area contributed by atoms with Gasteiger partial charge in [0.1, 0.15) is 0 Å². The third-order valence-corrected chi connectivity index (χ3v) is 3.54. The maximum Gasteiger partial charge on any atom is 0.0758 e. The van der Waals surface area contributed by atoms with Gasteiger partial charge in [-0.2, -0.15) is 0 Å². The van der Waals surface area contributed by atoms with E-state index in [9.17, 15) is 5.11 Å². The lowest BCUT2D eigenvalue weighted by Crippen LogP contribution is -2.15. The highest BCUT2D eigenvalue weighted by molar-refractivity contribution is 6.80. The van der Waals surface area contributed by atoms with Gasteiger partial charge in [0.05, 0.1) is 14.2 Å². The zero-order valence-electron chi connectivity index (χ0n) is 10.9. The molecule has 0 aliphatic rings. The van der Waals surface area contributed by atoms with Gasteiger partial charge in [0.15, 0.2) is 0 Å². The van der Waals surface area contributed by atoms with Crippen molar-refractivity contribution >= 4 is 14.1 Å². The second-order valence-electron chi connectivity index (χ2n) is 5.34. The van der Waals surface area contributed by atoms with Crippen LogP contribution in [0.3, 0.4) is 0 Å². The SMILES string of the molecule is C[Si](C)(C)C=CC[C@@H](O)C=Cc1ccccc1. The largest absolute Gasteiger partial charge is 0.389 e. The first kappa shape index (κ1) is 13.9. The highest BCUT2D eigenvalue weighted by atomic mass is 28.3. The predicted octanol–water partition coefficient (Wildman–Crippen LogP) is 3.88. The lowest BCUT2D eigenvalue weighted by molar-refractivity contribution is 0.228. The second-order valence-corrected chi connectivity index (χ2v) is 10.4. The highest BCUT2D eigenvalue weighted by Crippen LogP contribution is 2.06. The van der Waals surface area contributed by atoms with Crippen molar-refractivity contribution in [3.8, 4) is 0 Å². The van der Waals surface area contributed by atoms with E-state index in [2.05, 4.69) is 31.4 Å². The summed E-state index contributed by atoms with van der Waals surface area (Å²) >= 11 is 0. The Morgan fingerprint density at radius 3 is 2.41 bits per heavy atom. The number of aliphatic hydroxyl groups is 1. The van der Waals surface area contributed by atoms with Crippen LogP contribution in [0.4, 0.5) is 0 Å². The number of aliphatic hydroxyl groups excluding tert-OH is 1. The molecule has 0 radical (unpaired) electrons. The van der Waals surface area contributed by atoms with Crippen LogP contribution in [-0.2, 0) is 0 Å². The Kier molecular flexibility index (Phi) is 5.39. The molecule has 0 heterocycles. The van der Waals surface area contributed by atoms with Crippen LogP contribution in [0.1, 0.15) is 12.0 Å². The van der Waals surface area contributed by atoms with Gasteiger partial charge in [0.2, 0.25) is 0 Å². The predicted molar refractivity (Wildman–Crippen MR) is 78.6 cm³/mol. The van der Waals surface area contributed by atoms with Crippen molar-refractivity contribution in [3.63, 3.8) is 0 Å². The molecule has 0 unspecified atom stereocenters. The summed E-state index contributed by atoms with van der Waals surface area (Å²) in [5.74, 6) is 0. The summed E-state index contributed by atoms with van der Waals surface area (Å²) in [5, 5.41) is 9.78. The minimum absolute atomic E-state index is 0.386. The Balaban J connectivity index is 2.43. The van der Waals surface area contributed by atoms with Crippen LogP contribution in [0, 0.1) is 0 Å². The van der Waals surface area contributed by atoms with Gasteiger partial charge in [-0.25, -0.2) is 0 Å². The lowest BCUT2D eigenvalue weighted by atomic mass is 10.1. The summed E-state index contributed by atoms with van der Waals surface area (Å²) in [6.45, 7) is 6.86. The molecule has 0 amide bonds. The van der Waals surface area contributed by atoms with Crippen molar-refractivity contribution in [1.29, 1.82) is 0 Å². The Labute approximate surface area is 106 Å². The molecule has 1 N–H and O–H groups in total. The van der Waals surface area contributed by atoms with E-state index in [0.29, 0.717) is 6.42 Å². The molecule has 92 valence electrons. The summed E-state index contributed by atoms with van der Waals surface area (Å²) in [6.07, 6.45) is 6.24. The van der Waals surface area contributed by atoms with Crippen molar-refractivity contribution in [2.45, 2.75) is 32.2 Å². The molecule has 1 atom stereocenters. The molecule has 0 fully saturated rings. The van der Waals surface area contributed by atoms with Crippen molar-refractivity contribution in [2.75, 3.05) is 0 Å². The fraction of sp³-hybridized carbons (Fsp3) is 0.333. The molecule has 0 aliphatic heterocycles. The Hall–Kier alpha value is -1.12. The monoisotopic (exact) mass is 246 g/mol. The third kappa shape index (κ3) is 6.92. The fourth-order valence-corrected chi connectivity index (χ4v) is 2.27. The Bertz CT molecular complexity index is 374. The van der Waals surface area contributed by atoms with E-state index in [1.165, 1.54) is 0 Å². The lowest BCUT2D eigenvalue weighted by Gasteiger charge is -2.08. The van der Waals surface area contributed by atoms with E-state index in [-0.39, 0.29) is 6.10 Å². The molecular weight excluding hydrogens is 224 g/mol. The molecule has 1 aromatic rings.